The number of hydrogen-bond donors (Lipinski definition) is 1. The van der Waals surface area contributed by atoms with Crippen LogP contribution in [0.15, 0.2) is 30.3 Å². The Morgan fingerprint density at radius 2 is 1.82 bits per heavy atom. The van der Waals surface area contributed by atoms with Crippen LogP contribution in [0.2, 0.25) is 0 Å². The van der Waals surface area contributed by atoms with Gasteiger partial charge in [-0.3, -0.25) is 0 Å². The average molecular weight is 234 g/mol. The van der Waals surface area contributed by atoms with Crippen molar-refractivity contribution in [3.05, 3.63) is 30.3 Å². The third-order valence-electron chi connectivity index (χ3n) is 3.53. The van der Waals surface area contributed by atoms with Crippen LogP contribution in [0.25, 0.3) is 0 Å². The summed E-state index contributed by atoms with van der Waals surface area (Å²) < 4.78 is 0. The smallest absolute Gasteiger partial charge is 0.0366 e. The van der Waals surface area contributed by atoms with E-state index in [1.165, 1.54) is 12.1 Å². The van der Waals surface area contributed by atoms with Gasteiger partial charge in [-0.2, -0.15) is 0 Å². The van der Waals surface area contributed by atoms with Crippen LogP contribution < -0.4 is 10.2 Å². The van der Waals surface area contributed by atoms with Crippen molar-refractivity contribution < 1.29 is 0 Å². The predicted octanol–water partition coefficient (Wildman–Crippen LogP) is 3.15. The lowest BCUT2D eigenvalue weighted by atomic mass is 9.86. The van der Waals surface area contributed by atoms with Gasteiger partial charge < -0.3 is 10.2 Å². The third kappa shape index (κ3) is 4.04. The van der Waals surface area contributed by atoms with Crippen molar-refractivity contribution in [3.63, 3.8) is 0 Å². The van der Waals surface area contributed by atoms with Gasteiger partial charge in [0.05, 0.1) is 0 Å². The van der Waals surface area contributed by atoms with Gasteiger partial charge in [0.2, 0.25) is 0 Å². The molecule has 2 nitrogen and oxygen atoms in total. The minimum atomic E-state index is 0.334. The van der Waals surface area contributed by atoms with Crippen LogP contribution in [-0.4, -0.2) is 26.7 Å². The van der Waals surface area contributed by atoms with Gasteiger partial charge in [-0.15, -0.1) is 0 Å². The lowest BCUT2D eigenvalue weighted by molar-refractivity contribution is 0.304. The summed E-state index contributed by atoms with van der Waals surface area (Å²) in [7, 11) is 2.03. The van der Waals surface area contributed by atoms with Crippen LogP contribution >= 0.6 is 0 Å². The molecule has 2 heteroatoms. The normalized spacial score (nSPS) is 14.4. The van der Waals surface area contributed by atoms with Crippen LogP contribution in [-0.2, 0) is 0 Å². The second kappa shape index (κ2) is 6.65. The van der Waals surface area contributed by atoms with E-state index in [0.29, 0.717) is 5.41 Å². The van der Waals surface area contributed by atoms with E-state index in [0.717, 1.165) is 19.6 Å². The maximum atomic E-state index is 3.31. The molecule has 17 heavy (non-hydrogen) atoms. The summed E-state index contributed by atoms with van der Waals surface area (Å²) in [5.41, 5.74) is 1.66. The van der Waals surface area contributed by atoms with Gasteiger partial charge in [0.25, 0.3) is 0 Å². The Kier molecular flexibility index (Phi) is 5.49. The van der Waals surface area contributed by atoms with E-state index in [1.54, 1.807) is 0 Å². The summed E-state index contributed by atoms with van der Waals surface area (Å²) >= 11 is 0. The van der Waals surface area contributed by atoms with Gasteiger partial charge >= 0.3 is 0 Å². The van der Waals surface area contributed by atoms with E-state index >= 15 is 0 Å². The summed E-state index contributed by atoms with van der Waals surface area (Å²) in [5.74, 6) is 0. The van der Waals surface area contributed by atoms with Crippen molar-refractivity contribution in [1.82, 2.24) is 5.32 Å². The molecule has 1 rings (SSSR count). The van der Waals surface area contributed by atoms with Crippen molar-refractivity contribution in [1.29, 1.82) is 0 Å². The topological polar surface area (TPSA) is 15.3 Å². The Morgan fingerprint density at radius 1 is 1.18 bits per heavy atom. The van der Waals surface area contributed by atoms with E-state index in [9.17, 15) is 0 Å². The van der Waals surface area contributed by atoms with E-state index in [4.69, 9.17) is 0 Å². The van der Waals surface area contributed by atoms with Gasteiger partial charge in [0, 0.05) is 25.3 Å². The number of hydrogen-bond acceptors (Lipinski definition) is 2. The molecule has 0 aliphatic carbocycles. The third-order valence-corrected chi connectivity index (χ3v) is 3.53. The molecule has 0 spiro atoms. The molecule has 0 saturated carbocycles. The number of rotatable bonds is 7. The summed E-state index contributed by atoms with van der Waals surface area (Å²) in [5, 5.41) is 3.31. The van der Waals surface area contributed by atoms with Crippen LogP contribution in [0, 0.1) is 5.41 Å². The fourth-order valence-corrected chi connectivity index (χ4v) is 2.20. The first kappa shape index (κ1) is 14.0. The lowest BCUT2D eigenvalue weighted by Gasteiger charge is -2.35. The Bertz CT molecular complexity index is 310. The van der Waals surface area contributed by atoms with Crippen LogP contribution in [0.1, 0.15) is 27.2 Å². The highest BCUT2D eigenvalue weighted by Gasteiger charge is 2.24. The molecule has 0 aliphatic rings. The molecule has 0 fully saturated rings. The summed E-state index contributed by atoms with van der Waals surface area (Å²) in [4.78, 5) is 2.46. The second-order valence-corrected chi connectivity index (χ2v) is 5.04. The Labute approximate surface area is 106 Å². The minimum absolute atomic E-state index is 0.334. The van der Waals surface area contributed by atoms with Crippen molar-refractivity contribution in [3.8, 4) is 0 Å². The maximum Gasteiger partial charge on any atom is 0.0366 e. The van der Waals surface area contributed by atoms with Crippen molar-refractivity contribution in [2.75, 3.05) is 31.6 Å². The fourth-order valence-electron chi connectivity index (χ4n) is 2.20. The summed E-state index contributed by atoms with van der Waals surface area (Å²) in [6.45, 7) is 10.1. The average Bonchev–Trinajstić information content (AvgIpc) is 2.37. The second-order valence-electron chi connectivity index (χ2n) is 5.04. The highest BCUT2D eigenvalue weighted by molar-refractivity contribution is 5.46. The number of para-hydroxylation sites is 1. The van der Waals surface area contributed by atoms with Gasteiger partial charge in [-0.05, 0) is 37.9 Å². The van der Waals surface area contributed by atoms with Crippen LogP contribution in [0.5, 0.6) is 0 Å². The monoisotopic (exact) mass is 234 g/mol. The molecular weight excluding hydrogens is 208 g/mol. The maximum absolute atomic E-state index is 3.31. The molecule has 0 saturated heterocycles. The molecule has 0 aromatic heterocycles. The number of anilines is 1. The standard InChI is InChI=1S/C15H26N2/c1-5-15(3,12-16-4)13-17(6-2)14-10-8-7-9-11-14/h7-11,16H,5-6,12-13H2,1-4H3. The zero-order valence-corrected chi connectivity index (χ0v) is 11.7. The van der Waals surface area contributed by atoms with Gasteiger partial charge in [-0.25, -0.2) is 0 Å². The highest BCUT2D eigenvalue weighted by Crippen LogP contribution is 2.24. The highest BCUT2D eigenvalue weighted by atomic mass is 15.1. The van der Waals surface area contributed by atoms with E-state index in [-0.39, 0.29) is 0 Å². The number of benzene rings is 1. The quantitative estimate of drug-likeness (QED) is 0.779. The molecule has 96 valence electrons. The molecule has 1 unspecified atom stereocenters. The molecule has 1 aromatic carbocycles. The molecule has 0 heterocycles. The fraction of sp³-hybridized carbons (Fsp3) is 0.600. The first-order chi connectivity index (χ1) is 8.15. The first-order valence-electron chi connectivity index (χ1n) is 6.60. The molecule has 1 aromatic rings. The van der Waals surface area contributed by atoms with E-state index in [1.807, 2.05) is 7.05 Å². The first-order valence-corrected chi connectivity index (χ1v) is 6.60. The SMILES string of the molecule is CCN(CC(C)(CC)CNC)c1ccccc1. The van der Waals surface area contributed by atoms with E-state index < -0.39 is 0 Å². The zero-order chi connectivity index (χ0) is 12.7. The molecule has 0 bridgehead atoms. The Balaban J connectivity index is 2.75. The van der Waals surface area contributed by atoms with Crippen molar-refractivity contribution in [2.24, 2.45) is 5.41 Å². The lowest BCUT2D eigenvalue weighted by Crippen LogP contribution is -2.41. The zero-order valence-electron chi connectivity index (χ0n) is 11.7. The van der Waals surface area contributed by atoms with Crippen molar-refractivity contribution >= 4 is 5.69 Å². The summed E-state index contributed by atoms with van der Waals surface area (Å²) in [6, 6.07) is 10.7. The molecular formula is C15H26N2. The molecule has 0 radical (unpaired) electrons. The van der Waals surface area contributed by atoms with Crippen LogP contribution in [0.3, 0.4) is 0 Å². The molecule has 1 N–H and O–H groups in total. The number of nitrogens with one attached hydrogen (secondary N) is 1. The van der Waals surface area contributed by atoms with Gasteiger partial charge in [0.1, 0.15) is 0 Å². The molecule has 0 aliphatic heterocycles. The molecule has 1 atom stereocenters. The minimum Gasteiger partial charge on any atom is -0.371 e. The Morgan fingerprint density at radius 3 is 2.29 bits per heavy atom. The largest absolute Gasteiger partial charge is 0.371 e. The van der Waals surface area contributed by atoms with Gasteiger partial charge in [0.15, 0.2) is 0 Å². The van der Waals surface area contributed by atoms with Crippen molar-refractivity contribution in [2.45, 2.75) is 27.2 Å². The predicted molar refractivity (Wildman–Crippen MR) is 76.7 cm³/mol. The van der Waals surface area contributed by atoms with E-state index in [2.05, 4.69) is 61.3 Å². The van der Waals surface area contributed by atoms with Gasteiger partial charge in [-0.1, -0.05) is 32.0 Å². The molecule has 0 amide bonds. The van der Waals surface area contributed by atoms with Crippen LogP contribution in [0.4, 0.5) is 5.69 Å². The Hall–Kier alpha value is -1.02. The number of nitrogens with zero attached hydrogens (tertiary/aromatic N) is 1. The summed E-state index contributed by atoms with van der Waals surface area (Å²) in [6.07, 6.45) is 1.19.